The van der Waals surface area contributed by atoms with E-state index >= 15 is 0 Å². The quantitative estimate of drug-likeness (QED) is 0.378. The highest BCUT2D eigenvalue weighted by Gasteiger charge is 2.51. The number of rotatable bonds is 6. The smallest absolute Gasteiger partial charge is 0.262 e. The van der Waals surface area contributed by atoms with Gasteiger partial charge in [-0.2, -0.15) is 10.5 Å². The molecule has 0 radical (unpaired) electrons. The Morgan fingerprint density at radius 3 is 2.11 bits per heavy atom. The Balaban J connectivity index is 1.94. The molecule has 3 aromatic rings. The van der Waals surface area contributed by atoms with E-state index in [1.807, 2.05) is 31.2 Å². The molecule has 1 aliphatic rings. The van der Waals surface area contributed by atoms with Crippen LogP contribution in [0.25, 0.3) is 4.48 Å². The molecule has 0 aromatic heterocycles. The minimum Gasteiger partial charge on any atom is -0.497 e. The number of methoxy groups -OCH3 is 1. The monoisotopic (exact) mass is 525 g/mol. The number of halogens is 1. The van der Waals surface area contributed by atoms with Gasteiger partial charge in [0.25, 0.3) is 11.8 Å². The van der Waals surface area contributed by atoms with Gasteiger partial charge in [-0.05, 0) is 48.4 Å². The van der Waals surface area contributed by atoms with E-state index < -0.39 is 23.3 Å². The number of carbonyl (C=O) groups is 2. The van der Waals surface area contributed by atoms with Crippen LogP contribution in [0.4, 0.5) is 0 Å². The van der Waals surface area contributed by atoms with Crippen molar-refractivity contribution in [3.63, 3.8) is 0 Å². The van der Waals surface area contributed by atoms with Crippen LogP contribution in [-0.4, -0.2) is 23.8 Å². The van der Waals surface area contributed by atoms with Gasteiger partial charge in [-0.3, -0.25) is 14.5 Å². The fourth-order valence-corrected chi connectivity index (χ4v) is 4.78. The zero-order valence-corrected chi connectivity index (χ0v) is 20.6. The SMILES string of the molecule is COc1cccc(C(N2C(=O)c3ccccc3C2=O)C(C#N)(C#N)/C=C(/Br)c2ccc(C)cc2)c1. The predicted octanol–water partition coefficient (Wildman–Crippen LogP) is 5.81. The molecule has 1 unspecified atom stereocenters. The molecular weight excluding hydrogens is 506 g/mol. The molecule has 6 nitrogen and oxygen atoms in total. The third kappa shape index (κ3) is 4.23. The second-order valence-corrected chi connectivity index (χ2v) is 9.01. The molecule has 1 aliphatic heterocycles. The third-order valence-electron chi connectivity index (χ3n) is 5.98. The second kappa shape index (κ2) is 9.58. The molecule has 0 bridgehead atoms. The summed E-state index contributed by atoms with van der Waals surface area (Å²) in [5.41, 5.74) is 0.776. The Morgan fingerprint density at radius 1 is 0.971 bits per heavy atom. The highest BCUT2D eigenvalue weighted by molar-refractivity contribution is 9.15. The van der Waals surface area contributed by atoms with Gasteiger partial charge in [-0.25, -0.2) is 0 Å². The zero-order chi connectivity index (χ0) is 25.2. The van der Waals surface area contributed by atoms with E-state index in [4.69, 9.17) is 4.74 Å². The Labute approximate surface area is 211 Å². The molecule has 4 rings (SSSR count). The summed E-state index contributed by atoms with van der Waals surface area (Å²) in [5.74, 6) is -0.656. The van der Waals surface area contributed by atoms with E-state index in [9.17, 15) is 20.1 Å². The lowest BCUT2D eigenvalue weighted by molar-refractivity contribution is 0.0534. The molecule has 1 heterocycles. The van der Waals surface area contributed by atoms with Crippen molar-refractivity contribution < 1.29 is 14.3 Å². The number of nitriles is 2. The molecule has 2 amide bonds. The summed E-state index contributed by atoms with van der Waals surface area (Å²) in [4.78, 5) is 28.0. The van der Waals surface area contributed by atoms with Gasteiger partial charge >= 0.3 is 0 Å². The molecule has 0 spiro atoms. The molecule has 0 saturated heterocycles. The van der Waals surface area contributed by atoms with E-state index in [0.717, 1.165) is 16.0 Å². The van der Waals surface area contributed by atoms with Gasteiger partial charge in [-0.15, -0.1) is 0 Å². The number of imide groups is 1. The summed E-state index contributed by atoms with van der Waals surface area (Å²) in [5, 5.41) is 20.8. The molecule has 0 aliphatic carbocycles. The number of amides is 2. The van der Waals surface area contributed by atoms with E-state index in [0.29, 0.717) is 15.8 Å². The first-order chi connectivity index (χ1) is 16.8. The van der Waals surface area contributed by atoms with Gasteiger partial charge in [0.05, 0.1) is 30.4 Å². The lowest BCUT2D eigenvalue weighted by atomic mass is 9.77. The molecule has 3 aromatic carbocycles. The van der Waals surface area contributed by atoms with Crippen molar-refractivity contribution in [2.45, 2.75) is 13.0 Å². The number of carbonyl (C=O) groups excluding carboxylic acids is 2. The van der Waals surface area contributed by atoms with Gasteiger partial charge < -0.3 is 4.74 Å². The number of ether oxygens (including phenoxy) is 1. The molecule has 1 atom stereocenters. The molecule has 0 saturated carbocycles. The Bertz CT molecular complexity index is 1380. The highest BCUT2D eigenvalue weighted by Crippen LogP contribution is 2.46. The fraction of sp³-hybridized carbons (Fsp3) is 0.143. The van der Waals surface area contributed by atoms with Crippen LogP contribution in [-0.2, 0) is 0 Å². The molecule has 35 heavy (non-hydrogen) atoms. The Kier molecular flexibility index (Phi) is 6.55. The summed E-state index contributed by atoms with van der Waals surface area (Å²) < 4.78 is 5.84. The normalized spacial score (nSPS) is 14.2. The zero-order valence-electron chi connectivity index (χ0n) is 19.0. The van der Waals surface area contributed by atoms with E-state index in [2.05, 4.69) is 28.1 Å². The number of hydrogen-bond acceptors (Lipinski definition) is 5. The molecule has 7 heteroatoms. The van der Waals surface area contributed by atoms with Crippen molar-refractivity contribution in [1.82, 2.24) is 4.90 Å². The maximum absolute atomic E-state index is 13.5. The lowest BCUT2D eigenvalue weighted by Crippen LogP contribution is -2.42. The summed E-state index contributed by atoms with van der Waals surface area (Å²) in [6, 6.07) is 23.7. The maximum Gasteiger partial charge on any atom is 0.262 e. The minimum atomic E-state index is -1.91. The van der Waals surface area contributed by atoms with Crippen LogP contribution in [0.5, 0.6) is 5.75 Å². The van der Waals surface area contributed by atoms with E-state index in [1.54, 1.807) is 48.5 Å². The van der Waals surface area contributed by atoms with Crippen LogP contribution >= 0.6 is 15.9 Å². The molecule has 172 valence electrons. The van der Waals surface area contributed by atoms with Gasteiger partial charge in [0.2, 0.25) is 0 Å². The van der Waals surface area contributed by atoms with Gasteiger partial charge in [0, 0.05) is 4.48 Å². The summed E-state index contributed by atoms with van der Waals surface area (Å²) >= 11 is 3.51. The Morgan fingerprint density at radius 2 is 1.57 bits per heavy atom. The second-order valence-electron chi connectivity index (χ2n) is 8.16. The van der Waals surface area contributed by atoms with Crippen molar-refractivity contribution >= 4 is 32.2 Å². The van der Waals surface area contributed by atoms with Crippen LogP contribution in [0.3, 0.4) is 0 Å². The highest BCUT2D eigenvalue weighted by atomic mass is 79.9. The van der Waals surface area contributed by atoms with Gasteiger partial charge in [-0.1, -0.05) is 70.0 Å². The first kappa shape index (κ1) is 23.9. The Hall–Kier alpha value is -4.20. The van der Waals surface area contributed by atoms with Crippen LogP contribution in [0.2, 0.25) is 0 Å². The van der Waals surface area contributed by atoms with Crippen molar-refractivity contribution in [1.29, 1.82) is 10.5 Å². The summed E-state index contributed by atoms with van der Waals surface area (Å²) in [7, 11) is 1.49. The summed E-state index contributed by atoms with van der Waals surface area (Å²) in [6.45, 7) is 1.96. The first-order valence-electron chi connectivity index (χ1n) is 10.7. The minimum absolute atomic E-state index is 0.233. The number of nitrogens with zero attached hydrogens (tertiary/aromatic N) is 3. The number of benzene rings is 3. The molecular formula is C28H20BrN3O3. The van der Waals surface area contributed by atoms with Crippen LogP contribution < -0.4 is 4.74 Å². The van der Waals surface area contributed by atoms with Crippen LogP contribution in [0, 0.1) is 35.0 Å². The van der Waals surface area contributed by atoms with Crippen LogP contribution in [0.15, 0.2) is 78.9 Å². The topological polar surface area (TPSA) is 94.2 Å². The standard InChI is InChI=1S/C28H20BrN3O3/c1-18-10-12-19(13-11-18)24(29)15-28(16-30,17-31)25(20-6-5-7-21(14-20)35-2)32-26(33)22-8-3-4-9-23(22)27(32)34/h3-15,25H,1-2H3/b24-15+. The third-order valence-corrected chi connectivity index (χ3v) is 6.66. The number of fused-ring (bicyclic) bond motifs is 1. The van der Waals surface area contributed by atoms with Crippen molar-refractivity contribution in [2.24, 2.45) is 5.41 Å². The average molecular weight is 526 g/mol. The first-order valence-corrected chi connectivity index (χ1v) is 11.5. The van der Waals surface area contributed by atoms with E-state index in [1.165, 1.54) is 13.2 Å². The van der Waals surface area contributed by atoms with Gasteiger partial charge in [0.1, 0.15) is 11.8 Å². The largest absolute Gasteiger partial charge is 0.497 e. The predicted molar refractivity (Wildman–Crippen MR) is 134 cm³/mol. The van der Waals surface area contributed by atoms with Gasteiger partial charge in [0.15, 0.2) is 5.41 Å². The fourth-order valence-electron chi connectivity index (χ4n) is 4.16. The average Bonchev–Trinajstić information content (AvgIpc) is 3.14. The molecule has 0 fully saturated rings. The molecule has 0 N–H and O–H groups in total. The van der Waals surface area contributed by atoms with Crippen molar-refractivity contribution in [3.05, 3.63) is 107 Å². The number of aryl methyl sites for hydroxylation is 1. The summed E-state index contributed by atoms with van der Waals surface area (Å²) in [6.07, 6.45) is 1.46. The number of hydrogen-bond donors (Lipinski definition) is 0. The van der Waals surface area contributed by atoms with Crippen molar-refractivity contribution in [2.75, 3.05) is 7.11 Å². The van der Waals surface area contributed by atoms with E-state index in [-0.39, 0.29) is 11.1 Å². The van der Waals surface area contributed by atoms with Crippen LogP contribution in [0.1, 0.15) is 43.4 Å². The van der Waals surface area contributed by atoms with Crippen molar-refractivity contribution in [3.8, 4) is 17.9 Å². The lowest BCUT2D eigenvalue weighted by Gasteiger charge is -2.34. The maximum atomic E-state index is 13.5.